The van der Waals surface area contributed by atoms with E-state index in [2.05, 4.69) is 5.92 Å². The molecule has 0 saturated heterocycles. The van der Waals surface area contributed by atoms with Crippen molar-refractivity contribution in [3.8, 4) is 12.3 Å². The smallest absolute Gasteiger partial charge is 0.310 e. The molecule has 0 bridgehead atoms. The number of carboxylic acid groups (broad SMARTS) is 1. The number of carboxylic acids is 1. The molecule has 6 aliphatic carbocycles. The van der Waals surface area contributed by atoms with Gasteiger partial charge in [0.15, 0.2) is 0 Å². The summed E-state index contributed by atoms with van der Waals surface area (Å²) in [5.74, 6) is 5.83. The van der Waals surface area contributed by atoms with Crippen LogP contribution in [0.25, 0.3) is 0 Å². The number of hydrogen-bond donors (Lipinski definition) is 1. The molecule has 6 fully saturated rings. The van der Waals surface area contributed by atoms with Crippen LogP contribution in [0.3, 0.4) is 0 Å². The van der Waals surface area contributed by atoms with Gasteiger partial charge in [-0.05, 0) is 35.5 Å². The molecular formula is C11H8O2. The number of carbonyl (C=O) groups is 1. The first-order valence-electron chi connectivity index (χ1n) is 4.95. The lowest BCUT2D eigenvalue weighted by Crippen LogP contribution is -3.10. The molecule has 0 unspecified atom stereocenters. The lowest BCUT2D eigenvalue weighted by molar-refractivity contribution is -0.626. The van der Waals surface area contributed by atoms with Crippen molar-refractivity contribution in [2.45, 2.75) is 0 Å². The molecule has 2 heteroatoms. The van der Waals surface area contributed by atoms with Gasteiger partial charge in [-0.3, -0.25) is 4.79 Å². The Morgan fingerprint density at radius 1 is 1.15 bits per heavy atom. The molecule has 0 spiro atoms. The van der Waals surface area contributed by atoms with Crippen molar-refractivity contribution in [1.29, 1.82) is 0 Å². The van der Waals surface area contributed by atoms with Crippen molar-refractivity contribution in [1.82, 2.24) is 0 Å². The van der Waals surface area contributed by atoms with Gasteiger partial charge in [0.25, 0.3) is 0 Å². The third kappa shape index (κ3) is 0.194. The molecule has 64 valence electrons. The van der Waals surface area contributed by atoms with E-state index in [9.17, 15) is 4.79 Å². The fraction of sp³-hybridized carbons (Fsp3) is 0.727. The third-order valence-corrected chi connectivity index (χ3v) is 6.25. The fourth-order valence-corrected chi connectivity index (χ4v) is 6.24. The van der Waals surface area contributed by atoms with E-state index in [1.54, 1.807) is 0 Å². The average Bonchev–Trinajstić information content (AvgIpc) is 2.16. The molecule has 0 radical (unpaired) electrons. The molecular weight excluding hydrogens is 164 g/mol. The lowest BCUT2D eigenvalue weighted by atomic mass is 8.92. The number of rotatable bonds is 1. The fourth-order valence-electron chi connectivity index (χ4n) is 6.24. The molecule has 6 saturated carbocycles. The van der Waals surface area contributed by atoms with Crippen LogP contribution in [-0.4, -0.2) is 11.1 Å². The Morgan fingerprint density at radius 3 is 1.92 bits per heavy atom. The molecule has 13 heavy (non-hydrogen) atoms. The SMILES string of the molecule is C#CC12C3C4C1C1C2C3C41C(=O)O. The first-order chi connectivity index (χ1) is 6.24. The van der Waals surface area contributed by atoms with Crippen molar-refractivity contribution < 1.29 is 9.90 Å². The van der Waals surface area contributed by atoms with Crippen LogP contribution in [0.4, 0.5) is 0 Å². The van der Waals surface area contributed by atoms with Crippen LogP contribution in [0.15, 0.2) is 0 Å². The Kier molecular flexibility index (Phi) is 0.446. The second-order valence-corrected chi connectivity index (χ2v) is 5.47. The zero-order chi connectivity index (χ0) is 8.75. The van der Waals surface area contributed by atoms with E-state index in [0.29, 0.717) is 35.5 Å². The maximum absolute atomic E-state index is 11.1. The summed E-state index contributed by atoms with van der Waals surface area (Å²) < 4.78 is 0. The number of terminal acetylenes is 1. The highest BCUT2D eigenvalue weighted by Gasteiger charge is 3.11. The Labute approximate surface area is 75.3 Å². The highest BCUT2D eigenvalue weighted by Crippen LogP contribution is 3.10. The highest BCUT2D eigenvalue weighted by molar-refractivity contribution is 5.87. The highest BCUT2D eigenvalue weighted by atomic mass is 16.4. The van der Waals surface area contributed by atoms with Gasteiger partial charge in [-0.2, -0.15) is 0 Å². The van der Waals surface area contributed by atoms with E-state index >= 15 is 0 Å². The molecule has 0 aromatic heterocycles. The van der Waals surface area contributed by atoms with Gasteiger partial charge in [0.05, 0.1) is 5.41 Å². The minimum absolute atomic E-state index is 0.233. The molecule has 6 rings (SSSR count). The molecule has 1 N–H and O–H groups in total. The van der Waals surface area contributed by atoms with Gasteiger partial charge in [0.2, 0.25) is 0 Å². The van der Waals surface area contributed by atoms with E-state index < -0.39 is 5.97 Å². The van der Waals surface area contributed by atoms with Crippen LogP contribution >= 0.6 is 0 Å². The van der Waals surface area contributed by atoms with Crippen LogP contribution in [0.2, 0.25) is 0 Å². The van der Waals surface area contributed by atoms with Crippen LogP contribution < -0.4 is 0 Å². The van der Waals surface area contributed by atoms with Gasteiger partial charge in [0.1, 0.15) is 0 Å². The summed E-state index contributed by atoms with van der Waals surface area (Å²) in [7, 11) is 0. The summed E-state index contributed by atoms with van der Waals surface area (Å²) in [4.78, 5) is 11.1. The third-order valence-electron chi connectivity index (χ3n) is 6.25. The van der Waals surface area contributed by atoms with Gasteiger partial charge in [-0.25, -0.2) is 0 Å². The predicted molar refractivity (Wildman–Crippen MR) is 42.3 cm³/mol. The summed E-state index contributed by atoms with van der Waals surface area (Å²) >= 11 is 0. The molecule has 0 heterocycles. The second-order valence-electron chi connectivity index (χ2n) is 5.47. The molecule has 6 aliphatic rings. The second kappa shape index (κ2) is 1.02. The van der Waals surface area contributed by atoms with Crippen LogP contribution in [0.1, 0.15) is 0 Å². The first-order valence-corrected chi connectivity index (χ1v) is 4.95. The normalized spacial score (nSPS) is 81.5. The van der Waals surface area contributed by atoms with Crippen molar-refractivity contribution in [2.24, 2.45) is 46.3 Å². The Morgan fingerprint density at radius 2 is 1.62 bits per heavy atom. The molecule has 0 aromatic carbocycles. The maximum Gasteiger partial charge on any atom is 0.310 e. The predicted octanol–water partition coefficient (Wildman–Crippen LogP) is 0.442. The van der Waals surface area contributed by atoms with E-state index in [1.165, 1.54) is 0 Å². The van der Waals surface area contributed by atoms with Crippen LogP contribution in [-0.2, 0) is 4.79 Å². The molecule has 0 aliphatic heterocycles. The molecule has 2 nitrogen and oxygen atoms in total. The largest absolute Gasteiger partial charge is 0.481 e. The Balaban J connectivity index is 1.71. The quantitative estimate of drug-likeness (QED) is 0.583. The summed E-state index contributed by atoms with van der Waals surface area (Å²) in [6.45, 7) is 0. The van der Waals surface area contributed by atoms with Crippen molar-refractivity contribution >= 4 is 5.97 Å². The van der Waals surface area contributed by atoms with E-state index in [4.69, 9.17) is 11.5 Å². The van der Waals surface area contributed by atoms with Gasteiger partial charge in [0, 0.05) is 5.41 Å². The van der Waals surface area contributed by atoms with E-state index in [-0.39, 0.29) is 10.8 Å². The van der Waals surface area contributed by atoms with Crippen molar-refractivity contribution in [3.63, 3.8) is 0 Å². The zero-order valence-corrected chi connectivity index (χ0v) is 6.90. The van der Waals surface area contributed by atoms with Crippen LogP contribution in [0, 0.1) is 58.7 Å². The topological polar surface area (TPSA) is 37.3 Å². The van der Waals surface area contributed by atoms with E-state index in [0.717, 1.165) is 0 Å². The number of aliphatic carboxylic acids is 1. The van der Waals surface area contributed by atoms with Gasteiger partial charge in [-0.1, -0.05) is 5.92 Å². The average molecular weight is 172 g/mol. The summed E-state index contributed by atoms with van der Waals surface area (Å²) in [6, 6.07) is 0. The molecule has 0 atom stereocenters. The van der Waals surface area contributed by atoms with Crippen molar-refractivity contribution in [2.75, 3.05) is 0 Å². The summed E-state index contributed by atoms with van der Waals surface area (Å²) in [6.07, 6.45) is 5.55. The van der Waals surface area contributed by atoms with Gasteiger partial charge >= 0.3 is 5.97 Å². The minimum atomic E-state index is -0.526. The van der Waals surface area contributed by atoms with Gasteiger partial charge < -0.3 is 5.11 Å². The van der Waals surface area contributed by atoms with Crippen LogP contribution in [0.5, 0.6) is 0 Å². The lowest BCUT2D eigenvalue weighted by Gasteiger charge is -3.09. The summed E-state index contributed by atoms with van der Waals surface area (Å²) in [5.41, 5.74) is -0.00417. The number of hydrogen-bond acceptors (Lipinski definition) is 1. The van der Waals surface area contributed by atoms with E-state index in [1.807, 2.05) is 0 Å². The standard InChI is InChI=1S/C11H8O2/c1-2-10-3-6-4(10)8-5(10)7(3)11(6,8)9(12)13/h1,3-8H,(H,12,13). The first kappa shape index (κ1) is 5.70. The Hall–Kier alpha value is -0.970. The minimum Gasteiger partial charge on any atom is -0.481 e. The zero-order valence-electron chi connectivity index (χ0n) is 6.90. The molecule has 0 amide bonds. The Bertz CT molecular complexity index is 388. The van der Waals surface area contributed by atoms with Gasteiger partial charge in [-0.15, -0.1) is 6.42 Å². The molecule has 0 aromatic rings. The monoisotopic (exact) mass is 172 g/mol. The summed E-state index contributed by atoms with van der Waals surface area (Å²) in [5, 5.41) is 9.17. The maximum atomic E-state index is 11.1. The van der Waals surface area contributed by atoms with Crippen molar-refractivity contribution in [3.05, 3.63) is 0 Å².